The van der Waals surface area contributed by atoms with Crippen LogP contribution in [0, 0.1) is 5.41 Å². The molecule has 0 radical (unpaired) electrons. The van der Waals surface area contributed by atoms with Crippen molar-refractivity contribution in [1.29, 1.82) is 5.41 Å². The number of nitrogens with one attached hydrogen (secondary N) is 1. The average molecular weight is 240 g/mol. The zero-order valence-corrected chi connectivity index (χ0v) is 10.5. The van der Waals surface area contributed by atoms with Gasteiger partial charge in [0.2, 0.25) is 0 Å². The van der Waals surface area contributed by atoms with Crippen LogP contribution in [0.3, 0.4) is 0 Å². The van der Waals surface area contributed by atoms with Crippen molar-refractivity contribution in [2.24, 2.45) is 0 Å². The van der Waals surface area contributed by atoms with Gasteiger partial charge in [0.05, 0.1) is 10.9 Å². The summed E-state index contributed by atoms with van der Waals surface area (Å²) in [6.07, 6.45) is 2.21. The Kier molecular flexibility index (Phi) is 3.81. The fraction of sp³-hybridized carbons (Fsp3) is 0.0667. The van der Waals surface area contributed by atoms with Gasteiger partial charge in [-0.05, 0) is 42.3 Å². The van der Waals surface area contributed by atoms with E-state index in [4.69, 9.17) is 5.41 Å². The maximum atomic E-state index is 7.03. The van der Waals surface area contributed by atoms with Crippen molar-refractivity contribution in [3.63, 3.8) is 0 Å². The van der Waals surface area contributed by atoms with Crippen LogP contribution in [0.25, 0.3) is 5.41 Å². The molecule has 0 fully saturated rings. The molecule has 1 unspecified atom stereocenters. The van der Waals surface area contributed by atoms with Crippen molar-refractivity contribution < 1.29 is 0 Å². The largest absolute Gasteiger partial charge is 0.258 e. The Balaban J connectivity index is 2.33. The van der Waals surface area contributed by atoms with E-state index in [1.165, 1.54) is 10.1 Å². The molecule has 0 aromatic heterocycles. The summed E-state index contributed by atoms with van der Waals surface area (Å²) in [4.78, 5) is 1.34. The topological polar surface area (TPSA) is 23.9 Å². The van der Waals surface area contributed by atoms with Gasteiger partial charge in [-0.3, -0.25) is 5.41 Å². The van der Waals surface area contributed by atoms with Crippen LogP contribution in [0.15, 0.2) is 59.5 Å². The van der Waals surface area contributed by atoms with Gasteiger partial charge >= 0.3 is 0 Å². The van der Waals surface area contributed by atoms with Gasteiger partial charge in [0.25, 0.3) is 0 Å². The van der Waals surface area contributed by atoms with E-state index in [0.717, 1.165) is 5.22 Å². The molecule has 0 aliphatic heterocycles. The normalized spacial score (nSPS) is 11.6. The average Bonchev–Trinajstić information content (AvgIpc) is 2.40. The SMILES string of the molecule is C[S+](C=c1ccc(=C=N)cc1)c1ccccc1. The third kappa shape index (κ3) is 3.10. The lowest BCUT2D eigenvalue weighted by Crippen LogP contribution is -2.10. The van der Waals surface area contributed by atoms with Crippen LogP contribution in [0.1, 0.15) is 0 Å². The van der Waals surface area contributed by atoms with E-state index in [2.05, 4.69) is 41.8 Å². The van der Waals surface area contributed by atoms with E-state index >= 15 is 0 Å². The van der Waals surface area contributed by atoms with Gasteiger partial charge in [-0.1, -0.05) is 18.2 Å². The van der Waals surface area contributed by atoms with Gasteiger partial charge in [-0.2, -0.15) is 0 Å². The molecule has 2 rings (SSSR count). The number of hydrogen-bond acceptors (Lipinski definition) is 1. The molecule has 2 aromatic carbocycles. The third-order valence-corrected chi connectivity index (χ3v) is 4.12. The standard InChI is InChI=1S/C15H14NS/c1-17(15-5-3-2-4-6-15)12-14-9-7-13(11-16)8-10-14/h2-10,12,16H,1H3/q+1. The molecule has 0 heterocycles. The highest BCUT2D eigenvalue weighted by Gasteiger charge is 2.09. The monoisotopic (exact) mass is 240 g/mol. The fourth-order valence-electron chi connectivity index (χ4n) is 1.55. The predicted octanol–water partition coefficient (Wildman–Crippen LogP) is 1.65. The first-order valence-corrected chi connectivity index (χ1v) is 7.06. The minimum absolute atomic E-state index is 0.115. The van der Waals surface area contributed by atoms with Gasteiger partial charge in [0, 0.05) is 10.4 Å². The first-order valence-electron chi connectivity index (χ1n) is 5.37. The zero-order valence-electron chi connectivity index (χ0n) is 9.68. The highest BCUT2D eigenvalue weighted by molar-refractivity contribution is 8.03. The second kappa shape index (κ2) is 5.53. The van der Waals surface area contributed by atoms with Crippen LogP contribution >= 0.6 is 0 Å². The molecule has 0 amide bonds. The van der Waals surface area contributed by atoms with Crippen LogP contribution in [-0.2, 0) is 10.9 Å². The van der Waals surface area contributed by atoms with Crippen LogP contribution < -0.4 is 10.4 Å². The molecule has 0 saturated carbocycles. The van der Waals surface area contributed by atoms with Gasteiger partial charge in [0.15, 0.2) is 4.90 Å². The van der Waals surface area contributed by atoms with Crippen molar-refractivity contribution in [3.05, 3.63) is 65.0 Å². The first-order chi connectivity index (χ1) is 8.29. The van der Waals surface area contributed by atoms with Gasteiger partial charge in [-0.25, -0.2) is 0 Å². The maximum absolute atomic E-state index is 7.03. The van der Waals surface area contributed by atoms with Crippen molar-refractivity contribution in [3.8, 4) is 0 Å². The number of hydrogen-bond donors (Lipinski definition) is 1. The quantitative estimate of drug-likeness (QED) is 0.610. The molecule has 0 spiro atoms. The molecule has 0 aliphatic rings. The second-order valence-electron chi connectivity index (χ2n) is 3.74. The van der Waals surface area contributed by atoms with Crippen molar-refractivity contribution in [2.75, 3.05) is 6.26 Å². The van der Waals surface area contributed by atoms with E-state index in [-0.39, 0.29) is 10.9 Å². The Labute approximate surface area is 104 Å². The number of benzene rings is 2. The third-order valence-electron chi connectivity index (χ3n) is 2.48. The summed E-state index contributed by atoms with van der Waals surface area (Å²) >= 11 is 0. The van der Waals surface area contributed by atoms with E-state index in [0.29, 0.717) is 0 Å². The molecule has 2 heteroatoms. The van der Waals surface area contributed by atoms with Gasteiger partial charge in [-0.15, -0.1) is 0 Å². The molecule has 0 saturated heterocycles. The van der Waals surface area contributed by atoms with Crippen LogP contribution in [0.4, 0.5) is 0 Å². The summed E-state index contributed by atoms with van der Waals surface area (Å²) in [6, 6.07) is 18.4. The first kappa shape index (κ1) is 11.7. The summed E-state index contributed by atoms with van der Waals surface area (Å²) in [7, 11) is 0.115. The molecular weight excluding hydrogens is 226 g/mol. The van der Waals surface area contributed by atoms with E-state index in [9.17, 15) is 0 Å². The fourth-order valence-corrected chi connectivity index (χ4v) is 2.84. The van der Waals surface area contributed by atoms with Crippen LogP contribution in [0.2, 0.25) is 0 Å². The van der Waals surface area contributed by atoms with Gasteiger partial charge < -0.3 is 0 Å². The molecule has 1 N–H and O–H groups in total. The predicted molar refractivity (Wildman–Crippen MR) is 75.0 cm³/mol. The minimum atomic E-state index is 0.115. The lowest BCUT2D eigenvalue weighted by Gasteiger charge is -1.95. The van der Waals surface area contributed by atoms with Crippen molar-refractivity contribution in [2.45, 2.75) is 4.90 Å². The summed E-state index contributed by atoms with van der Waals surface area (Å²) in [5, 5.41) is 11.3. The Bertz CT molecular complexity index is 604. The Morgan fingerprint density at radius 2 is 1.65 bits per heavy atom. The Hall–Kier alpha value is -1.76. The van der Waals surface area contributed by atoms with Gasteiger partial charge in [0.1, 0.15) is 11.7 Å². The second-order valence-corrected chi connectivity index (χ2v) is 5.56. The molecule has 1 atom stereocenters. The molecule has 1 nitrogen and oxygen atoms in total. The summed E-state index contributed by atoms with van der Waals surface area (Å²) in [5.74, 6) is 2.38. The van der Waals surface area contributed by atoms with Crippen molar-refractivity contribution in [1.82, 2.24) is 0 Å². The van der Waals surface area contributed by atoms with Crippen molar-refractivity contribution >= 4 is 22.2 Å². The molecular formula is C15H14NS+. The molecule has 2 aromatic rings. The van der Waals surface area contributed by atoms with E-state index < -0.39 is 0 Å². The van der Waals surface area contributed by atoms with E-state index in [1.807, 2.05) is 30.3 Å². The lowest BCUT2D eigenvalue weighted by molar-refractivity contribution is 1.46. The summed E-state index contributed by atoms with van der Waals surface area (Å²) in [6.45, 7) is 0. The molecule has 84 valence electrons. The lowest BCUT2D eigenvalue weighted by atomic mass is 10.3. The summed E-state index contributed by atoms with van der Waals surface area (Å²) in [5.41, 5.74) is 0. The maximum Gasteiger partial charge on any atom is 0.159 e. The molecule has 17 heavy (non-hydrogen) atoms. The molecule has 0 bridgehead atoms. The Morgan fingerprint density at radius 3 is 2.24 bits per heavy atom. The summed E-state index contributed by atoms with van der Waals surface area (Å²) < 4.78 is 0. The van der Waals surface area contributed by atoms with Crippen LogP contribution in [0.5, 0.6) is 0 Å². The zero-order chi connectivity index (χ0) is 12.1. The van der Waals surface area contributed by atoms with E-state index in [1.54, 1.807) is 0 Å². The van der Waals surface area contributed by atoms with Crippen LogP contribution in [-0.4, -0.2) is 12.1 Å². The number of rotatable bonds is 2. The minimum Gasteiger partial charge on any atom is -0.258 e. The Morgan fingerprint density at radius 1 is 1.00 bits per heavy atom. The molecule has 0 aliphatic carbocycles. The smallest absolute Gasteiger partial charge is 0.159 e. The highest BCUT2D eigenvalue weighted by Crippen LogP contribution is 2.11. The highest BCUT2D eigenvalue weighted by atomic mass is 32.2.